The minimum atomic E-state index is -0.569. The highest BCUT2D eigenvalue weighted by molar-refractivity contribution is 6.31. The Morgan fingerprint density at radius 2 is 1.92 bits per heavy atom. The highest BCUT2D eigenvalue weighted by Crippen LogP contribution is 2.28. The number of aromatic hydroxyl groups is 1. The van der Waals surface area contributed by atoms with Crippen molar-refractivity contribution in [1.29, 1.82) is 0 Å². The second-order valence-corrected chi connectivity index (χ2v) is 6.58. The van der Waals surface area contributed by atoms with Crippen LogP contribution < -0.4 is 10.1 Å². The number of hydrogen-bond donors (Lipinski definition) is 2. The van der Waals surface area contributed by atoms with E-state index in [0.717, 1.165) is 25.7 Å². The van der Waals surface area contributed by atoms with E-state index in [-0.39, 0.29) is 28.9 Å². The van der Waals surface area contributed by atoms with E-state index in [4.69, 9.17) is 16.3 Å². The van der Waals surface area contributed by atoms with Gasteiger partial charge in [0.05, 0.1) is 11.7 Å². The van der Waals surface area contributed by atoms with Crippen LogP contribution in [-0.2, 0) is 0 Å². The lowest BCUT2D eigenvalue weighted by molar-refractivity contribution is 0.102. The van der Waals surface area contributed by atoms with Crippen LogP contribution in [0.3, 0.4) is 0 Å². The summed E-state index contributed by atoms with van der Waals surface area (Å²) < 4.78 is 20.0. The van der Waals surface area contributed by atoms with Crippen molar-refractivity contribution in [1.82, 2.24) is 0 Å². The Morgan fingerprint density at radius 1 is 1.16 bits per heavy atom. The molecule has 0 atom stereocenters. The molecule has 1 aliphatic carbocycles. The Balaban J connectivity index is 1.70. The third-order valence-electron chi connectivity index (χ3n) is 4.24. The van der Waals surface area contributed by atoms with Gasteiger partial charge >= 0.3 is 0 Å². The van der Waals surface area contributed by atoms with Crippen molar-refractivity contribution >= 4 is 23.2 Å². The van der Waals surface area contributed by atoms with Crippen molar-refractivity contribution in [2.24, 2.45) is 0 Å². The maximum atomic E-state index is 14.3. The van der Waals surface area contributed by atoms with E-state index in [2.05, 4.69) is 5.32 Å². The van der Waals surface area contributed by atoms with Gasteiger partial charge in [-0.2, -0.15) is 0 Å². The topological polar surface area (TPSA) is 58.6 Å². The Kier molecular flexibility index (Phi) is 5.43. The Bertz CT molecular complexity index is 775. The molecule has 0 aliphatic heterocycles. The summed E-state index contributed by atoms with van der Waals surface area (Å²) in [7, 11) is 0. The number of phenols is 1. The van der Waals surface area contributed by atoms with E-state index in [0.29, 0.717) is 5.02 Å². The zero-order chi connectivity index (χ0) is 17.8. The molecule has 132 valence electrons. The van der Waals surface area contributed by atoms with Crippen molar-refractivity contribution in [2.75, 3.05) is 5.32 Å². The maximum absolute atomic E-state index is 14.3. The summed E-state index contributed by atoms with van der Waals surface area (Å²) in [5, 5.41) is 12.6. The molecule has 2 N–H and O–H groups in total. The van der Waals surface area contributed by atoms with Crippen LogP contribution in [-0.4, -0.2) is 17.1 Å². The summed E-state index contributed by atoms with van der Waals surface area (Å²) in [4.78, 5) is 12.2. The lowest BCUT2D eigenvalue weighted by atomic mass is 9.98. The average molecular weight is 364 g/mol. The van der Waals surface area contributed by atoms with Crippen LogP contribution in [0, 0.1) is 5.82 Å². The first-order chi connectivity index (χ1) is 12.0. The van der Waals surface area contributed by atoms with Gasteiger partial charge in [-0.15, -0.1) is 0 Å². The van der Waals surface area contributed by atoms with E-state index in [1.54, 1.807) is 6.07 Å². The molecule has 0 bridgehead atoms. The standard InChI is InChI=1S/C19H19ClFNO3/c20-12-6-8-17(23)15(10-12)19(24)22-13-7-9-18(16(21)11-13)25-14-4-2-1-3-5-14/h6-11,14,23H,1-5H2,(H,22,24). The maximum Gasteiger partial charge on any atom is 0.259 e. The Labute approximate surface area is 150 Å². The molecule has 2 aromatic rings. The van der Waals surface area contributed by atoms with E-state index in [1.807, 2.05) is 0 Å². The quantitative estimate of drug-likeness (QED) is 0.789. The molecule has 2 aromatic carbocycles. The molecular weight excluding hydrogens is 345 g/mol. The van der Waals surface area contributed by atoms with Crippen LogP contribution >= 0.6 is 11.6 Å². The number of benzene rings is 2. The van der Waals surface area contributed by atoms with Crippen molar-refractivity contribution in [3.63, 3.8) is 0 Å². The molecule has 0 saturated heterocycles. The van der Waals surface area contributed by atoms with Crippen molar-refractivity contribution in [3.05, 3.63) is 52.8 Å². The van der Waals surface area contributed by atoms with Crippen LogP contribution in [0.2, 0.25) is 5.02 Å². The number of phenolic OH excluding ortho intramolecular Hbond substituents is 1. The van der Waals surface area contributed by atoms with Crippen LogP contribution in [0.25, 0.3) is 0 Å². The van der Waals surface area contributed by atoms with Gasteiger partial charge in [0.15, 0.2) is 11.6 Å². The van der Waals surface area contributed by atoms with Gasteiger partial charge < -0.3 is 15.2 Å². The second-order valence-electron chi connectivity index (χ2n) is 6.14. The molecular formula is C19H19ClFNO3. The summed E-state index contributed by atoms with van der Waals surface area (Å²) in [6.07, 6.45) is 5.32. The second kappa shape index (κ2) is 7.74. The normalized spacial score (nSPS) is 15.0. The molecule has 0 spiro atoms. The first-order valence-electron chi connectivity index (χ1n) is 8.29. The predicted molar refractivity (Wildman–Crippen MR) is 95.0 cm³/mol. The lowest BCUT2D eigenvalue weighted by Gasteiger charge is -2.23. The van der Waals surface area contributed by atoms with E-state index >= 15 is 0 Å². The highest BCUT2D eigenvalue weighted by atomic mass is 35.5. The molecule has 1 fully saturated rings. The first-order valence-corrected chi connectivity index (χ1v) is 8.67. The molecule has 1 saturated carbocycles. The number of nitrogens with one attached hydrogen (secondary N) is 1. The monoisotopic (exact) mass is 363 g/mol. The third-order valence-corrected chi connectivity index (χ3v) is 4.47. The van der Waals surface area contributed by atoms with Gasteiger partial charge in [0.25, 0.3) is 5.91 Å². The molecule has 0 radical (unpaired) electrons. The van der Waals surface area contributed by atoms with E-state index in [1.165, 1.54) is 36.8 Å². The van der Waals surface area contributed by atoms with Gasteiger partial charge in [0.1, 0.15) is 5.75 Å². The molecule has 0 heterocycles. The van der Waals surface area contributed by atoms with Crippen molar-refractivity contribution < 1.29 is 19.0 Å². The van der Waals surface area contributed by atoms with Gasteiger partial charge in [-0.1, -0.05) is 18.0 Å². The van der Waals surface area contributed by atoms with E-state index in [9.17, 15) is 14.3 Å². The van der Waals surface area contributed by atoms with E-state index < -0.39 is 11.7 Å². The van der Waals surface area contributed by atoms with Gasteiger partial charge in [0.2, 0.25) is 0 Å². The van der Waals surface area contributed by atoms with Crippen molar-refractivity contribution in [3.8, 4) is 11.5 Å². The van der Waals surface area contributed by atoms with Crippen LogP contribution in [0.1, 0.15) is 42.5 Å². The largest absolute Gasteiger partial charge is 0.507 e. The number of hydrogen-bond acceptors (Lipinski definition) is 3. The number of halogens is 2. The number of carbonyl (C=O) groups is 1. The molecule has 1 aliphatic rings. The minimum absolute atomic E-state index is 0.0236. The van der Waals surface area contributed by atoms with Gasteiger partial charge in [-0.3, -0.25) is 4.79 Å². The summed E-state index contributed by atoms with van der Waals surface area (Å²) >= 11 is 5.83. The summed E-state index contributed by atoms with van der Waals surface area (Å²) in [5.41, 5.74) is 0.299. The summed E-state index contributed by atoms with van der Waals surface area (Å²) in [5.74, 6) is -1.10. The zero-order valence-corrected chi connectivity index (χ0v) is 14.4. The molecule has 1 amide bonds. The number of amides is 1. The lowest BCUT2D eigenvalue weighted by Crippen LogP contribution is -2.20. The fraction of sp³-hybridized carbons (Fsp3) is 0.316. The number of ether oxygens (including phenoxy) is 1. The van der Waals surface area contributed by atoms with Crippen LogP contribution in [0.15, 0.2) is 36.4 Å². The zero-order valence-electron chi connectivity index (χ0n) is 13.6. The minimum Gasteiger partial charge on any atom is -0.507 e. The number of anilines is 1. The molecule has 0 aromatic heterocycles. The van der Waals surface area contributed by atoms with Crippen molar-refractivity contribution in [2.45, 2.75) is 38.2 Å². The van der Waals surface area contributed by atoms with Gasteiger partial charge in [0, 0.05) is 16.8 Å². The fourth-order valence-electron chi connectivity index (χ4n) is 2.93. The van der Waals surface area contributed by atoms with Gasteiger partial charge in [-0.25, -0.2) is 4.39 Å². The molecule has 4 nitrogen and oxygen atoms in total. The SMILES string of the molecule is O=C(Nc1ccc(OC2CCCCC2)c(F)c1)c1cc(Cl)ccc1O. The predicted octanol–water partition coefficient (Wildman–Crippen LogP) is 5.15. The summed E-state index contributed by atoms with van der Waals surface area (Å²) in [6, 6.07) is 8.45. The van der Waals surface area contributed by atoms with Crippen LogP contribution in [0.5, 0.6) is 11.5 Å². The van der Waals surface area contributed by atoms with Crippen LogP contribution in [0.4, 0.5) is 10.1 Å². The fourth-order valence-corrected chi connectivity index (χ4v) is 3.10. The molecule has 3 rings (SSSR count). The molecule has 25 heavy (non-hydrogen) atoms. The smallest absolute Gasteiger partial charge is 0.259 e. The molecule has 0 unspecified atom stereocenters. The average Bonchev–Trinajstić information content (AvgIpc) is 2.60. The highest BCUT2D eigenvalue weighted by Gasteiger charge is 2.18. The number of rotatable bonds is 4. The van der Waals surface area contributed by atoms with Gasteiger partial charge in [-0.05, 0) is 56.0 Å². The first kappa shape index (κ1) is 17.5. The number of carbonyl (C=O) groups excluding carboxylic acids is 1. The summed E-state index contributed by atoms with van der Waals surface area (Å²) in [6.45, 7) is 0. The third kappa shape index (κ3) is 4.42. The Morgan fingerprint density at radius 3 is 2.64 bits per heavy atom. The molecule has 6 heteroatoms. The Hall–Kier alpha value is -2.27.